The van der Waals surface area contributed by atoms with Crippen LogP contribution in [0.2, 0.25) is 10.0 Å². The maximum atomic E-state index is 14.4. The summed E-state index contributed by atoms with van der Waals surface area (Å²) in [5, 5.41) is 1.25. The van der Waals surface area contributed by atoms with Gasteiger partial charge < -0.3 is 4.90 Å². The Balaban J connectivity index is 2.22. The Hall–Kier alpha value is -1.86. The molecule has 2 aromatic rings. The number of likely N-dealkylation sites (N-methyl/N-ethyl adjacent to an activating group) is 1. The van der Waals surface area contributed by atoms with Gasteiger partial charge in [0.2, 0.25) is 15.9 Å². The molecule has 208 valence electrons. The minimum absolute atomic E-state index is 0.00374. The molecule has 0 aromatic heterocycles. The van der Waals surface area contributed by atoms with Crippen molar-refractivity contribution in [1.82, 2.24) is 9.21 Å². The zero-order chi connectivity index (χ0) is 28.5. The van der Waals surface area contributed by atoms with E-state index in [1.54, 1.807) is 33.9 Å². The molecule has 38 heavy (non-hydrogen) atoms. The zero-order valence-electron chi connectivity index (χ0n) is 23.2. The highest BCUT2D eigenvalue weighted by Gasteiger charge is 2.51. The molecule has 1 amide bonds. The van der Waals surface area contributed by atoms with Gasteiger partial charge in [0.05, 0.1) is 16.2 Å². The minimum Gasteiger partial charge on any atom is -0.330 e. The number of piperidine rings is 1. The second-order valence-corrected chi connectivity index (χ2v) is 15.3. The highest BCUT2D eigenvalue weighted by atomic mass is 35.5. The topological polar surface area (TPSA) is 57.7 Å². The Labute approximate surface area is 238 Å². The summed E-state index contributed by atoms with van der Waals surface area (Å²) in [5.41, 5.74) is 1.29. The number of allylic oxidation sites excluding steroid dienone is 1. The summed E-state index contributed by atoms with van der Waals surface area (Å²) in [6.45, 7) is 13.2. The van der Waals surface area contributed by atoms with Crippen molar-refractivity contribution in [1.29, 1.82) is 0 Å². The summed E-state index contributed by atoms with van der Waals surface area (Å²) in [5.74, 6) is -0.0693. The number of hydrogen-bond acceptors (Lipinski definition) is 3. The Morgan fingerprint density at radius 1 is 1.13 bits per heavy atom. The van der Waals surface area contributed by atoms with E-state index >= 15 is 0 Å². The molecule has 1 saturated heterocycles. The highest BCUT2D eigenvalue weighted by molar-refractivity contribution is 7.90. The van der Waals surface area contributed by atoms with Gasteiger partial charge in [-0.1, -0.05) is 67.4 Å². The van der Waals surface area contributed by atoms with Gasteiger partial charge in [0, 0.05) is 35.6 Å². The predicted octanol–water partition coefficient (Wildman–Crippen LogP) is 7.47. The molecule has 3 rings (SSSR count). The van der Waals surface area contributed by atoms with Crippen LogP contribution in [0.25, 0.3) is 0 Å². The second kappa shape index (κ2) is 11.7. The van der Waals surface area contributed by atoms with Crippen LogP contribution in [0.15, 0.2) is 61.2 Å². The molecule has 0 N–H and O–H groups in total. The van der Waals surface area contributed by atoms with Crippen molar-refractivity contribution in [3.63, 3.8) is 0 Å². The van der Waals surface area contributed by atoms with Gasteiger partial charge in [-0.15, -0.1) is 6.58 Å². The van der Waals surface area contributed by atoms with E-state index in [1.165, 1.54) is 4.31 Å². The lowest BCUT2D eigenvalue weighted by molar-refractivity contribution is -0.154. The number of sulfonamides is 1. The van der Waals surface area contributed by atoms with Gasteiger partial charge in [0.1, 0.15) is 0 Å². The number of hydrogen-bond donors (Lipinski definition) is 0. The molecular formula is C30H40Cl2N2O3S. The Kier molecular flexibility index (Phi) is 9.45. The lowest BCUT2D eigenvalue weighted by Gasteiger charge is -2.52. The number of rotatable bonds is 9. The van der Waals surface area contributed by atoms with E-state index in [2.05, 4.69) is 12.6 Å². The molecule has 0 spiro atoms. The predicted molar refractivity (Wildman–Crippen MR) is 158 cm³/mol. The second-order valence-electron chi connectivity index (χ2n) is 11.6. The van der Waals surface area contributed by atoms with Gasteiger partial charge >= 0.3 is 0 Å². The Bertz CT molecular complexity index is 1260. The van der Waals surface area contributed by atoms with E-state index < -0.39 is 20.2 Å². The van der Waals surface area contributed by atoms with Crippen molar-refractivity contribution < 1.29 is 13.2 Å². The summed E-state index contributed by atoms with van der Waals surface area (Å²) < 4.78 is 27.0. The summed E-state index contributed by atoms with van der Waals surface area (Å²) in [6.07, 6.45) is 3.50. The molecule has 1 fully saturated rings. The molecule has 1 heterocycles. The van der Waals surface area contributed by atoms with Crippen LogP contribution in [0.3, 0.4) is 0 Å². The van der Waals surface area contributed by atoms with Crippen LogP contribution in [0.4, 0.5) is 0 Å². The summed E-state index contributed by atoms with van der Waals surface area (Å²) >= 11 is 12.7. The Morgan fingerprint density at radius 3 is 2.29 bits per heavy atom. The molecule has 8 heteroatoms. The van der Waals surface area contributed by atoms with E-state index in [1.807, 2.05) is 61.2 Å². The van der Waals surface area contributed by atoms with E-state index in [0.717, 1.165) is 11.1 Å². The standard InChI is InChI=1S/C30H40Cl2N2O3S/c1-8-17-30(6)19-26(22-11-10-12-24(32)18-22)27(21-13-15-23(31)16-14-21)34(28(30)35)25(9-2)20-33(7)38(36,37)29(3,4)5/h8,10-16,18,25-27H,1,9,17,19-20H2,2-7H3. The van der Waals surface area contributed by atoms with Crippen LogP contribution in [-0.2, 0) is 14.8 Å². The van der Waals surface area contributed by atoms with Crippen molar-refractivity contribution in [3.05, 3.63) is 82.4 Å². The fraction of sp³-hybridized carbons (Fsp3) is 0.500. The van der Waals surface area contributed by atoms with Crippen LogP contribution < -0.4 is 0 Å². The smallest absolute Gasteiger partial charge is 0.229 e. The molecule has 1 aliphatic heterocycles. The maximum absolute atomic E-state index is 14.4. The molecule has 2 aromatic carbocycles. The third-order valence-corrected chi connectivity index (χ3v) is 10.7. The van der Waals surface area contributed by atoms with Crippen LogP contribution in [-0.4, -0.2) is 47.9 Å². The number of halogens is 2. The van der Waals surface area contributed by atoms with Gasteiger partial charge in [-0.05, 0) is 75.4 Å². The molecule has 4 unspecified atom stereocenters. The average Bonchev–Trinajstić information content (AvgIpc) is 2.84. The normalized spacial score (nSPS) is 23.5. The first kappa shape index (κ1) is 30.7. The first-order valence-corrected chi connectivity index (χ1v) is 15.3. The third-order valence-electron chi connectivity index (χ3n) is 7.70. The lowest BCUT2D eigenvalue weighted by atomic mass is 9.67. The molecule has 1 aliphatic rings. The van der Waals surface area contributed by atoms with Gasteiger partial charge in [0.25, 0.3) is 0 Å². The van der Waals surface area contributed by atoms with Crippen molar-refractivity contribution >= 4 is 39.1 Å². The number of carbonyl (C=O) groups excluding carboxylic acids is 1. The van der Waals surface area contributed by atoms with Gasteiger partial charge in [0.15, 0.2) is 0 Å². The number of likely N-dealkylation sites (tertiary alicyclic amines) is 1. The molecule has 0 aliphatic carbocycles. The number of amides is 1. The summed E-state index contributed by atoms with van der Waals surface area (Å²) in [6, 6.07) is 14.7. The zero-order valence-corrected chi connectivity index (χ0v) is 25.6. The minimum atomic E-state index is -3.59. The largest absolute Gasteiger partial charge is 0.330 e. The quantitative estimate of drug-likeness (QED) is 0.290. The van der Waals surface area contributed by atoms with Gasteiger partial charge in [-0.25, -0.2) is 12.7 Å². The Morgan fingerprint density at radius 2 is 1.76 bits per heavy atom. The van der Waals surface area contributed by atoms with Gasteiger partial charge in [-0.3, -0.25) is 4.79 Å². The summed E-state index contributed by atoms with van der Waals surface area (Å²) in [4.78, 5) is 16.4. The van der Waals surface area contributed by atoms with Crippen LogP contribution in [0.1, 0.15) is 77.0 Å². The van der Waals surface area contributed by atoms with E-state index in [-0.39, 0.29) is 30.5 Å². The first-order valence-electron chi connectivity index (χ1n) is 13.1. The van der Waals surface area contributed by atoms with Crippen LogP contribution in [0.5, 0.6) is 0 Å². The lowest BCUT2D eigenvalue weighted by Crippen LogP contribution is -2.58. The molecule has 0 saturated carbocycles. The molecule has 4 atom stereocenters. The number of benzene rings is 2. The third kappa shape index (κ3) is 6.14. The molecule has 0 bridgehead atoms. The first-order chi connectivity index (χ1) is 17.7. The monoisotopic (exact) mass is 578 g/mol. The molecular weight excluding hydrogens is 539 g/mol. The average molecular weight is 580 g/mol. The summed E-state index contributed by atoms with van der Waals surface area (Å²) in [7, 11) is -1.99. The van der Waals surface area contributed by atoms with Crippen molar-refractivity contribution in [3.8, 4) is 0 Å². The van der Waals surface area contributed by atoms with E-state index in [4.69, 9.17) is 23.2 Å². The molecule has 5 nitrogen and oxygen atoms in total. The number of nitrogens with zero attached hydrogens (tertiary/aromatic N) is 2. The maximum Gasteiger partial charge on any atom is 0.229 e. The fourth-order valence-electron chi connectivity index (χ4n) is 5.56. The highest BCUT2D eigenvalue weighted by Crippen LogP contribution is 2.52. The van der Waals surface area contributed by atoms with E-state index in [0.29, 0.717) is 29.3 Å². The van der Waals surface area contributed by atoms with Crippen molar-refractivity contribution in [2.24, 2.45) is 5.41 Å². The number of carbonyl (C=O) groups is 1. The van der Waals surface area contributed by atoms with Crippen LogP contribution >= 0.6 is 23.2 Å². The van der Waals surface area contributed by atoms with Crippen LogP contribution in [0, 0.1) is 5.41 Å². The van der Waals surface area contributed by atoms with Crippen molar-refractivity contribution in [2.75, 3.05) is 13.6 Å². The van der Waals surface area contributed by atoms with E-state index in [9.17, 15) is 13.2 Å². The SMILES string of the molecule is C=CCC1(C)CC(c2cccc(Cl)c2)C(c2ccc(Cl)cc2)N(C(CC)CN(C)S(=O)(=O)C(C)(C)C)C1=O. The molecule has 0 radical (unpaired) electrons. The van der Waals surface area contributed by atoms with Gasteiger partial charge in [-0.2, -0.15) is 0 Å². The van der Waals surface area contributed by atoms with Crippen molar-refractivity contribution in [2.45, 2.75) is 76.6 Å². The fourth-order valence-corrected chi connectivity index (χ4v) is 7.19.